The molecule has 0 amide bonds. The third kappa shape index (κ3) is 4.86. The van der Waals surface area contributed by atoms with Crippen molar-refractivity contribution < 1.29 is 14.3 Å². The zero-order valence-electron chi connectivity index (χ0n) is 21.1. The topological polar surface area (TPSA) is 55.4 Å². The molecule has 5 rings (SSSR count). The lowest BCUT2D eigenvalue weighted by atomic mass is 9.64. The van der Waals surface area contributed by atoms with E-state index in [0.29, 0.717) is 28.6 Å². The largest absolute Gasteiger partial charge is 0.489 e. The molecule has 2 aromatic rings. The van der Waals surface area contributed by atoms with Crippen LogP contribution in [0.25, 0.3) is 0 Å². The van der Waals surface area contributed by atoms with Crippen molar-refractivity contribution in [2.24, 2.45) is 10.8 Å². The number of rotatable bonds is 4. The first-order chi connectivity index (χ1) is 16.9. The molecular formula is C30H31Cl2NO3. The van der Waals surface area contributed by atoms with Crippen LogP contribution in [0.3, 0.4) is 0 Å². The van der Waals surface area contributed by atoms with Gasteiger partial charge in [-0.15, -0.1) is 0 Å². The van der Waals surface area contributed by atoms with E-state index >= 15 is 0 Å². The number of allylic oxidation sites excluding steroid dienone is 4. The highest BCUT2D eigenvalue weighted by Crippen LogP contribution is 2.51. The molecule has 1 aliphatic heterocycles. The Morgan fingerprint density at radius 3 is 2.06 bits per heavy atom. The van der Waals surface area contributed by atoms with Crippen molar-refractivity contribution in [2.75, 3.05) is 0 Å². The number of carbonyl (C=O) groups is 2. The number of hydrogen-bond acceptors (Lipinski definition) is 4. The standard InChI is InChI=1S/C30H31Cl2NO3/c1-29(2)12-22-27(24(34)14-29)26(28-23(33-22)13-30(3,4)15-25(28)35)17-6-5-7-20(10-17)36-16-18-8-9-19(31)11-21(18)32/h5-11,26,33H,12-16H2,1-4H3. The summed E-state index contributed by atoms with van der Waals surface area (Å²) < 4.78 is 6.09. The number of benzene rings is 2. The fourth-order valence-corrected chi connectivity index (χ4v) is 6.27. The van der Waals surface area contributed by atoms with Crippen molar-refractivity contribution >= 4 is 34.8 Å². The summed E-state index contributed by atoms with van der Waals surface area (Å²) in [5.41, 5.74) is 4.88. The van der Waals surface area contributed by atoms with Gasteiger partial charge in [0, 0.05) is 56.9 Å². The van der Waals surface area contributed by atoms with Gasteiger partial charge in [-0.1, -0.05) is 69.1 Å². The Balaban J connectivity index is 1.54. The number of carbonyl (C=O) groups excluding carboxylic acids is 2. The van der Waals surface area contributed by atoms with Crippen molar-refractivity contribution in [2.45, 2.75) is 65.9 Å². The van der Waals surface area contributed by atoms with E-state index in [9.17, 15) is 9.59 Å². The molecule has 6 heteroatoms. The maximum absolute atomic E-state index is 13.5. The average Bonchev–Trinajstić information content (AvgIpc) is 2.75. The maximum Gasteiger partial charge on any atom is 0.162 e. The Hall–Kier alpha value is -2.56. The Kier molecular flexibility index (Phi) is 6.33. The molecule has 0 aromatic heterocycles. The second-order valence-electron chi connectivity index (χ2n) is 11.8. The molecule has 0 bridgehead atoms. The maximum atomic E-state index is 13.5. The Labute approximate surface area is 222 Å². The van der Waals surface area contributed by atoms with Gasteiger partial charge in [-0.3, -0.25) is 9.59 Å². The van der Waals surface area contributed by atoms with Crippen molar-refractivity contribution in [1.29, 1.82) is 0 Å². The number of ketones is 2. The molecule has 188 valence electrons. The highest BCUT2D eigenvalue weighted by molar-refractivity contribution is 6.35. The van der Waals surface area contributed by atoms with E-state index in [1.165, 1.54) is 0 Å². The lowest BCUT2D eigenvalue weighted by molar-refractivity contribution is -0.119. The first-order valence-electron chi connectivity index (χ1n) is 12.4. The first kappa shape index (κ1) is 25.1. The summed E-state index contributed by atoms with van der Waals surface area (Å²) in [7, 11) is 0. The van der Waals surface area contributed by atoms with E-state index in [0.717, 1.165) is 46.5 Å². The van der Waals surface area contributed by atoms with Crippen molar-refractivity contribution in [3.63, 3.8) is 0 Å². The van der Waals surface area contributed by atoms with Gasteiger partial charge in [0.1, 0.15) is 12.4 Å². The SMILES string of the molecule is CC1(C)CC(=O)C2=C(C1)NC1=C(C(=O)CC(C)(C)C1)C2c1cccc(OCc2ccc(Cl)cc2Cl)c1. The number of Topliss-reactive ketones (excluding diaryl/α,β-unsaturated/α-hetero) is 2. The van der Waals surface area contributed by atoms with Crippen LogP contribution in [0.15, 0.2) is 65.0 Å². The summed E-state index contributed by atoms with van der Waals surface area (Å²) in [4.78, 5) is 27.0. The summed E-state index contributed by atoms with van der Waals surface area (Å²) in [6.45, 7) is 8.79. The van der Waals surface area contributed by atoms with E-state index in [1.807, 2.05) is 30.3 Å². The minimum Gasteiger partial charge on any atom is -0.489 e. The first-order valence-corrected chi connectivity index (χ1v) is 13.1. The third-order valence-electron chi connectivity index (χ3n) is 7.32. The van der Waals surface area contributed by atoms with E-state index < -0.39 is 0 Å². The lowest BCUT2D eigenvalue weighted by Crippen LogP contribution is -2.42. The summed E-state index contributed by atoms with van der Waals surface area (Å²) in [5, 5.41) is 4.69. The van der Waals surface area contributed by atoms with Crippen LogP contribution in [0.4, 0.5) is 0 Å². The van der Waals surface area contributed by atoms with Gasteiger partial charge in [-0.2, -0.15) is 0 Å². The summed E-state index contributed by atoms with van der Waals surface area (Å²) in [5.74, 6) is 0.504. The second-order valence-corrected chi connectivity index (χ2v) is 12.7. The molecule has 1 N–H and O–H groups in total. The summed E-state index contributed by atoms with van der Waals surface area (Å²) in [6.07, 6.45) is 2.50. The van der Waals surface area contributed by atoms with Gasteiger partial charge in [-0.05, 0) is 53.5 Å². The van der Waals surface area contributed by atoms with Crippen molar-refractivity contribution in [3.8, 4) is 5.75 Å². The number of halogens is 2. The molecule has 2 aromatic carbocycles. The number of dihydropyridines is 1. The van der Waals surface area contributed by atoms with E-state index in [4.69, 9.17) is 27.9 Å². The molecule has 0 saturated carbocycles. The minimum atomic E-state index is -0.383. The predicted octanol–water partition coefficient (Wildman–Crippen LogP) is 7.55. The molecule has 4 nitrogen and oxygen atoms in total. The molecule has 1 heterocycles. The number of nitrogens with one attached hydrogen (secondary N) is 1. The van der Waals surface area contributed by atoms with Crippen molar-refractivity contribution in [3.05, 3.63) is 86.2 Å². The molecular weight excluding hydrogens is 493 g/mol. The van der Waals surface area contributed by atoms with Crippen LogP contribution in [0.1, 0.15) is 70.4 Å². The zero-order chi connectivity index (χ0) is 25.8. The summed E-state index contributed by atoms with van der Waals surface area (Å²) >= 11 is 12.3. The van der Waals surface area contributed by atoms with E-state index in [2.05, 4.69) is 33.0 Å². The molecule has 36 heavy (non-hydrogen) atoms. The number of hydrogen-bond donors (Lipinski definition) is 1. The highest BCUT2D eigenvalue weighted by Gasteiger charge is 2.46. The van der Waals surface area contributed by atoms with Crippen LogP contribution in [-0.2, 0) is 16.2 Å². The quantitative estimate of drug-likeness (QED) is 0.449. The Bertz CT molecular complexity index is 1280. The lowest BCUT2D eigenvalue weighted by Gasteiger charge is -2.44. The Morgan fingerprint density at radius 2 is 1.47 bits per heavy atom. The van der Waals surface area contributed by atoms with E-state index in [-0.39, 0.29) is 34.9 Å². The summed E-state index contributed by atoms with van der Waals surface area (Å²) in [6, 6.07) is 13.1. The average molecular weight is 524 g/mol. The fraction of sp³-hybridized carbons (Fsp3) is 0.400. The van der Waals surface area contributed by atoms with Crippen molar-refractivity contribution in [1.82, 2.24) is 5.32 Å². The molecule has 0 spiro atoms. The molecule has 0 fully saturated rings. The molecule has 2 aliphatic carbocycles. The third-order valence-corrected chi connectivity index (χ3v) is 7.91. The fourth-order valence-electron chi connectivity index (χ4n) is 5.81. The normalized spacial score (nSPS) is 21.2. The predicted molar refractivity (Wildman–Crippen MR) is 143 cm³/mol. The van der Waals surface area contributed by atoms with Crippen LogP contribution in [0, 0.1) is 10.8 Å². The van der Waals surface area contributed by atoms with Gasteiger partial charge in [0.2, 0.25) is 0 Å². The van der Waals surface area contributed by atoms with Gasteiger partial charge >= 0.3 is 0 Å². The monoisotopic (exact) mass is 523 g/mol. The van der Waals surface area contributed by atoms with E-state index in [1.54, 1.807) is 12.1 Å². The van der Waals surface area contributed by atoms with Crippen LogP contribution in [0.2, 0.25) is 10.0 Å². The molecule has 0 unspecified atom stereocenters. The minimum absolute atomic E-state index is 0.113. The van der Waals surface area contributed by atoms with Gasteiger partial charge in [-0.25, -0.2) is 0 Å². The van der Waals surface area contributed by atoms with Gasteiger partial charge in [0.05, 0.1) is 0 Å². The smallest absolute Gasteiger partial charge is 0.162 e. The van der Waals surface area contributed by atoms with Crippen LogP contribution in [0.5, 0.6) is 5.75 Å². The van der Waals surface area contributed by atoms with Gasteiger partial charge in [0.25, 0.3) is 0 Å². The highest BCUT2D eigenvalue weighted by atomic mass is 35.5. The molecule has 3 aliphatic rings. The Morgan fingerprint density at radius 1 is 0.861 bits per heavy atom. The van der Waals surface area contributed by atoms with Crippen LogP contribution in [-0.4, -0.2) is 11.6 Å². The molecule has 0 atom stereocenters. The molecule has 0 radical (unpaired) electrons. The number of ether oxygens (including phenoxy) is 1. The van der Waals surface area contributed by atoms with Gasteiger partial charge < -0.3 is 10.1 Å². The van der Waals surface area contributed by atoms with Crippen LogP contribution < -0.4 is 10.1 Å². The van der Waals surface area contributed by atoms with Gasteiger partial charge in [0.15, 0.2) is 11.6 Å². The second kappa shape index (κ2) is 9.08. The van der Waals surface area contributed by atoms with Crippen LogP contribution >= 0.6 is 23.2 Å². The molecule has 0 saturated heterocycles. The zero-order valence-corrected chi connectivity index (χ0v) is 22.6.